The summed E-state index contributed by atoms with van der Waals surface area (Å²) in [6.45, 7) is 7.36. The number of rotatable bonds is 3. The molecule has 1 rings (SSSR count). The number of hydrogen-bond acceptors (Lipinski definition) is 2. The zero-order valence-electron chi connectivity index (χ0n) is 6.68. The minimum Gasteiger partial charge on any atom is -0.379 e. The van der Waals surface area contributed by atoms with Gasteiger partial charge in [0.05, 0.1) is 13.2 Å². The van der Waals surface area contributed by atoms with E-state index in [1.807, 2.05) is 0 Å². The van der Waals surface area contributed by atoms with Crippen LogP contribution in [0.15, 0.2) is 0 Å². The summed E-state index contributed by atoms with van der Waals surface area (Å²) in [6, 6.07) is 0. The predicted octanol–water partition coefficient (Wildman–Crippen LogP) is 0.933. The molecule has 59 valence electrons. The summed E-state index contributed by atoms with van der Waals surface area (Å²) < 4.78 is 5.22. The maximum atomic E-state index is 5.22. The van der Waals surface area contributed by atoms with E-state index in [1.54, 1.807) is 0 Å². The zero-order chi connectivity index (χ0) is 7.23. The molecule has 0 aromatic rings. The Morgan fingerprint density at radius 3 is 2.70 bits per heavy atom. The highest BCUT2D eigenvalue weighted by Gasteiger charge is 2.08. The van der Waals surface area contributed by atoms with Crippen molar-refractivity contribution in [2.75, 3.05) is 32.8 Å². The normalized spacial score (nSPS) is 21.3. The number of hydrogen-bond donors (Lipinski definition) is 0. The molecule has 2 nitrogen and oxygen atoms in total. The molecule has 1 aliphatic heterocycles. The van der Waals surface area contributed by atoms with Crippen molar-refractivity contribution in [2.24, 2.45) is 0 Å². The molecule has 0 aliphatic carbocycles. The molecule has 10 heavy (non-hydrogen) atoms. The first-order valence-electron chi connectivity index (χ1n) is 4.05. The maximum absolute atomic E-state index is 5.22. The topological polar surface area (TPSA) is 12.5 Å². The average molecular weight is 142 g/mol. The lowest BCUT2D eigenvalue weighted by Gasteiger charge is -2.25. The van der Waals surface area contributed by atoms with Gasteiger partial charge in [-0.3, -0.25) is 4.90 Å². The van der Waals surface area contributed by atoms with Gasteiger partial charge in [0.1, 0.15) is 0 Å². The van der Waals surface area contributed by atoms with Crippen molar-refractivity contribution in [3.05, 3.63) is 6.42 Å². The Hall–Kier alpha value is -0.0800. The van der Waals surface area contributed by atoms with E-state index in [-0.39, 0.29) is 0 Å². The van der Waals surface area contributed by atoms with E-state index in [9.17, 15) is 0 Å². The van der Waals surface area contributed by atoms with Gasteiger partial charge in [-0.1, -0.05) is 13.3 Å². The molecule has 2 heteroatoms. The molecular weight excluding hydrogens is 126 g/mol. The third-order valence-corrected chi connectivity index (χ3v) is 1.78. The van der Waals surface area contributed by atoms with Gasteiger partial charge in [-0.25, -0.2) is 0 Å². The molecule has 0 saturated carbocycles. The van der Waals surface area contributed by atoms with Crippen LogP contribution in [-0.2, 0) is 4.74 Å². The highest BCUT2D eigenvalue weighted by Crippen LogP contribution is 1.98. The molecule has 0 N–H and O–H groups in total. The molecule has 0 aromatic carbocycles. The van der Waals surface area contributed by atoms with Gasteiger partial charge in [-0.05, 0) is 6.42 Å². The first-order valence-corrected chi connectivity index (χ1v) is 4.05. The molecule has 0 unspecified atom stereocenters. The third kappa shape index (κ3) is 2.67. The fourth-order valence-corrected chi connectivity index (χ4v) is 1.10. The van der Waals surface area contributed by atoms with Gasteiger partial charge in [-0.15, -0.1) is 0 Å². The summed E-state index contributed by atoms with van der Waals surface area (Å²) in [6.07, 6.45) is 3.49. The van der Waals surface area contributed by atoms with Gasteiger partial charge in [0.2, 0.25) is 0 Å². The average Bonchev–Trinajstić information content (AvgIpc) is 2.03. The van der Waals surface area contributed by atoms with Crippen molar-refractivity contribution in [3.63, 3.8) is 0 Å². The fourth-order valence-electron chi connectivity index (χ4n) is 1.10. The SMILES string of the molecule is CC[CH]CN1CCOCC1. The van der Waals surface area contributed by atoms with E-state index < -0.39 is 0 Å². The van der Waals surface area contributed by atoms with Crippen molar-refractivity contribution < 1.29 is 4.74 Å². The predicted molar refractivity (Wildman–Crippen MR) is 41.9 cm³/mol. The Kier molecular flexibility index (Phi) is 3.76. The standard InChI is InChI=1S/C8H16NO/c1-2-3-4-9-5-7-10-8-6-9/h3H,2,4-8H2,1H3. The Morgan fingerprint density at radius 2 is 2.10 bits per heavy atom. The van der Waals surface area contributed by atoms with Crippen LogP contribution in [0, 0.1) is 6.42 Å². The Balaban J connectivity index is 2.02. The van der Waals surface area contributed by atoms with Crippen molar-refractivity contribution in [3.8, 4) is 0 Å². The number of unbranched alkanes of at least 4 members (excludes halogenated alkanes) is 1. The summed E-state index contributed by atoms with van der Waals surface area (Å²) in [4.78, 5) is 2.42. The molecule has 0 aromatic heterocycles. The van der Waals surface area contributed by atoms with Crippen LogP contribution in [0.3, 0.4) is 0 Å². The Labute approximate surface area is 63.2 Å². The van der Waals surface area contributed by atoms with Crippen molar-refractivity contribution in [2.45, 2.75) is 13.3 Å². The minimum absolute atomic E-state index is 0.914. The Morgan fingerprint density at radius 1 is 1.40 bits per heavy atom. The molecular formula is C8H16NO. The molecule has 1 heterocycles. The minimum atomic E-state index is 0.914. The van der Waals surface area contributed by atoms with Gasteiger partial charge < -0.3 is 4.74 Å². The van der Waals surface area contributed by atoms with Crippen LogP contribution in [0.1, 0.15) is 13.3 Å². The number of ether oxygens (including phenoxy) is 1. The van der Waals surface area contributed by atoms with E-state index in [0.717, 1.165) is 32.8 Å². The van der Waals surface area contributed by atoms with Crippen LogP contribution in [0.5, 0.6) is 0 Å². The van der Waals surface area contributed by atoms with Crippen LogP contribution in [0.4, 0.5) is 0 Å². The molecule has 1 radical (unpaired) electrons. The second kappa shape index (κ2) is 4.69. The number of nitrogens with zero attached hydrogens (tertiary/aromatic N) is 1. The van der Waals surface area contributed by atoms with Gasteiger partial charge >= 0.3 is 0 Å². The highest BCUT2D eigenvalue weighted by molar-refractivity contribution is 4.70. The summed E-state index contributed by atoms with van der Waals surface area (Å²) in [5.41, 5.74) is 0. The van der Waals surface area contributed by atoms with Crippen LogP contribution < -0.4 is 0 Å². The lowest BCUT2D eigenvalue weighted by molar-refractivity contribution is 0.0416. The molecule has 0 amide bonds. The van der Waals surface area contributed by atoms with Gasteiger partial charge in [0, 0.05) is 19.6 Å². The lowest BCUT2D eigenvalue weighted by atomic mass is 10.3. The Bertz CT molecular complexity index is 79.3. The van der Waals surface area contributed by atoms with Crippen LogP contribution in [-0.4, -0.2) is 37.7 Å². The molecule has 1 aliphatic rings. The fraction of sp³-hybridized carbons (Fsp3) is 0.875. The second-order valence-electron chi connectivity index (χ2n) is 2.61. The van der Waals surface area contributed by atoms with Crippen LogP contribution in [0.2, 0.25) is 0 Å². The summed E-state index contributed by atoms with van der Waals surface area (Å²) in [5.74, 6) is 0. The summed E-state index contributed by atoms with van der Waals surface area (Å²) in [5, 5.41) is 0. The van der Waals surface area contributed by atoms with Gasteiger partial charge in [0.15, 0.2) is 0 Å². The molecule has 0 spiro atoms. The van der Waals surface area contributed by atoms with E-state index >= 15 is 0 Å². The highest BCUT2D eigenvalue weighted by atomic mass is 16.5. The first kappa shape index (κ1) is 8.02. The maximum Gasteiger partial charge on any atom is 0.0594 e. The molecule has 1 saturated heterocycles. The van der Waals surface area contributed by atoms with Gasteiger partial charge in [0.25, 0.3) is 0 Å². The van der Waals surface area contributed by atoms with Crippen molar-refractivity contribution >= 4 is 0 Å². The molecule has 0 atom stereocenters. The van der Waals surface area contributed by atoms with Crippen LogP contribution >= 0.6 is 0 Å². The summed E-state index contributed by atoms with van der Waals surface area (Å²) in [7, 11) is 0. The van der Waals surface area contributed by atoms with E-state index in [2.05, 4.69) is 18.2 Å². The molecule has 1 fully saturated rings. The van der Waals surface area contributed by atoms with Crippen molar-refractivity contribution in [1.82, 2.24) is 4.90 Å². The smallest absolute Gasteiger partial charge is 0.0594 e. The second-order valence-corrected chi connectivity index (χ2v) is 2.61. The zero-order valence-corrected chi connectivity index (χ0v) is 6.68. The van der Waals surface area contributed by atoms with Gasteiger partial charge in [-0.2, -0.15) is 0 Å². The van der Waals surface area contributed by atoms with E-state index in [4.69, 9.17) is 4.74 Å². The largest absolute Gasteiger partial charge is 0.379 e. The third-order valence-electron chi connectivity index (χ3n) is 1.78. The first-order chi connectivity index (χ1) is 4.93. The van der Waals surface area contributed by atoms with E-state index in [0.29, 0.717) is 0 Å². The quantitative estimate of drug-likeness (QED) is 0.581. The van der Waals surface area contributed by atoms with Crippen LogP contribution in [0.25, 0.3) is 0 Å². The van der Waals surface area contributed by atoms with E-state index in [1.165, 1.54) is 6.42 Å². The monoisotopic (exact) mass is 142 g/mol. The molecule has 0 bridgehead atoms. The lowest BCUT2D eigenvalue weighted by Crippen LogP contribution is -2.36. The van der Waals surface area contributed by atoms with Crippen molar-refractivity contribution in [1.29, 1.82) is 0 Å². The summed E-state index contributed by atoms with van der Waals surface area (Å²) >= 11 is 0. The number of morpholine rings is 1.